The van der Waals surface area contributed by atoms with Gasteiger partial charge >= 0.3 is 11.9 Å². The maximum Gasteiger partial charge on any atom is 0.358 e. The lowest BCUT2D eigenvalue weighted by molar-refractivity contribution is -0.173. The van der Waals surface area contributed by atoms with Crippen molar-refractivity contribution in [3.63, 3.8) is 0 Å². The van der Waals surface area contributed by atoms with Gasteiger partial charge in [-0.05, 0) is 26.8 Å². The molecule has 17 heteroatoms. The van der Waals surface area contributed by atoms with E-state index in [1.54, 1.807) is 26.8 Å². The average Bonchev–Trinajstić information content (AvgIpc) is 3.49. The number of hydrogen-bond acceptors (Lipinski definition) is 14. The Kier molecular flexibility index (Phi) is 8.82. The molecule has 1 fully saturated rings. The van der Waals surface area contributed by atoms with Crippen LogP contribution in [0.25, 0.3) is 6.08 Å². The number of hydrogen-bond donors (Lipinski definition) is 3. The van der Waals surface area contributed by atoms with Gasteiger partial charge in [0.1, 0.15) is 21.9 Å². The normalized spacial score (nSPS) is 19.4. The SMILES string of the molecule is CC(C)(C)C(=O)OCOC(=O)C1=C(C=Cc2scnc2Cl)C(NC(=O)C(=NO)c2csc(N)n2)S[C@H]2CC(=O)N12. The molecule has 0 saturated carbocycles. The number of oxime groups is 1. The van der Waals surface area contributed by atoms with Gasteiger partial charge in [0.25, 0.3) is 5.91 Å². The zero-order valence-corrected chi connectivity index (χ0v) is 24.4. The molecule has 4 N–H and O–H groups in total. The molecule has 212 valence electrons. The van der Waals surface area contributed by atoms with Crippen molar-refractivity contribution < 1.29 is 33.9 Å². The molecule has 0 aromatic carbocycles. The highest BCUT2D eigenvalue weighted by molar-refractivity contribution is 8.00. The van der Waals surface area contributed by atoms with Crippen LogP contribution in [0.1, 0.15) is 37.8 Å². The molecule has 0 aliphatic carbocycles. The molecule has 0 radical (unpaired) electrons. The molecule has 4 rings (SSSR count). The molecular formula is C23H23ClN6O7S3. The molecular weight excluding hydrogens is 604 g/mol. The van der Waals surface area contributed by atoms with Gasteiger partial charge in [0, 0.05) is 11.0 Å². The smallest absolute Gasteiger partial charge is 0.358 e. The van der Waals surface area contributed by atoms with Gasteiger partial charge < -0.3 is 25.7 Å². The second kappa shape index (κ2) is 12.0. The summed E-state index contributed by atoms with van der Waals surface area (Å²) in [5, 5.41) is 15.8. The largest absolute Gasteiger partial charge is 0.427 e. The van der Waals surface area contributed by atoms with Crippen molar-refractivity contribution in [1.82, 2.24) is 20.2 Å². The molecule has 40 heavy (non-hydrogen) atoms. The summed E-state index contributed by atoms with van der Waals surface area (Å²) in [5.74, 6) is -2.68. The summed E-state index contributed by atoms with van der Waals surface area (Å²) in [7, 11) is 0. The number of amides is 2. The van der Waals surface area contributed by atoms with E-state index >= 15 is 0 Å². The van der Waals surface area contributed by atoms with E-state index in [1.807, 2.05) is 0 Å². The summed E-state index contributed by atoms with van der Waals surface area (Å²) >= 11 is 9.60. The third-order valence-electron chi connectivity index (χ3n) is 5.49. The first-order valence-corrected chi connectivity index (χ1v) is 14.6. The van der Waals surface area contributed by atoms with E-state index in [0.717, 1.165) is 11.3 Å². The first kappa shape index (κ1) is 29.5. The quantitative estimate of drug-likeness (QED) is 0.0976. The molecule has 4 heterocycles. The minimum atomic E-state index is -0.947. The highest BCUT2D eigenvalue weighted by atomic mass is 35.5. The number of nitrogens with two attached hydrogens (primary N) is 1. The molecule has 2 aliphatic rings. The fourth-order valence-electron chi connectivity index (χ4n) is 3.49. The van der Waals surface area contributed by atoms with Crippen LogP contribution in [0.15, 0.2) is 33.4 Å². The summed E-state index contributed by atoms with van der Waals surface area (Å²) in [5.41, 5.74) is 6.06. The van der Waals surface area contributed by atoms with Gasteiger partial charge in [-0.1, -0.05) is 22.8 Å². The summed E-state index contributed by atoms with van der Waals surface area (Å²) in [6, 6.07) is 0. The maximum absolute atomic E-state index is 13.3. The molecule has 2 aromatic heterocycles. The van der Waals surface area contributed by atoms with E-state index in [1.165, 1.54) is 45.0 Å². The number of nitrogen functional groups attached to an aromatic ring is 1. The molecule has 0 bridgehead atoms. The van der Waals surface area contributed by atoms with Gasteiger partial charge in [-0.15, -0.1) is 34.4 Å². The predicted molar refractivity (Wildman–Crippen MR) is 149 cm³/mol. The molecule has 2 aromatic rings. The summed E-state index contributed by atoms with van der Waals surface area (Å²) in [6.07, 6.45) is 3.19. The van der Waals surface area contributed by atoms with Crippen LogP contribution in [0.3, 0.4) is 0 Å². The molecule has 2 atom stereocenters. The number of rotatable bonds is 8. The summed E-state index contributed by atoms with van der Waals surface area (Å²) < 4.78 is 10.3. The zero-order valence-electron chi connectivity index (χ0n) is 21.2. The molecule has 2 aliphatic heterocycles. The molecule has 1 unspecified atom stereocenters. The van der Waals surface area contributed by atoms with Crippen LogP contribution >= 0.6 is 46.0 Å². The number of thioether (sulfide) groups is 1. The van der Waals surface area contributed by atoms with Gasteiger partial charge in [0.2, 0.25) is 12.7 Å². The van der Waals surface area contributed by atoms with Crippen molar-refractivity contribution >= 4 is 86.7 Å². The molecule has 13 nitrogen and oxygen atoms in total. The molecule has 1 saturated heterocycles. The topological polar surface area (TPSA) is 186 Å². The van der Waals surface area contributed by atoms with E-state index in [4.69, 9.17) is 26.8 Å². The first-order chi connectivity index (χ1) is 18.9. The van der Waals surface area contributed by atoms with Crippen LogP contribution in [0.4, 0.5) is 5.13 Å². The number of aromatic nitrogens is 2. The number of ether oxygens (including phenoxy) is 2. The number of carbonyl (C=O) groups excluding carboxylic acids is 4. The fourth-order valence-corrected chi connectivity index (χ4v) is 6.31. The Morgan fingerprint density at radius 2 is 2.05 bits per heavy atom. The van der Waals surface area contributed by atoms with E-state index in [2.05, 4.69) is 20.4 Å². The van der Waals surface area contributed by atoms with Crippen molar-refractivity contribution in [2.45, 2.75) is 37.9 Å². The Labute approximate surface area is 245 Å². The van der Waals surface area contributed by atoms with Gasteiger partial charge in [0.05, 0.1) is 27.6 Å². The monoisotopic (exact) mass is 626 g/mol. The lowest BCUT2D eigenvalue weighted by atomic mass is 9.98. The summed E-state index contributed by atoms with van der Waals surface area (Å²) in [4.78, 5) is 60.9. The van der Waals surface area contributed by atoms with Crippen molar-refractivity contribution in [1.29, 1.82) is 0 Å². The first-order valence-electron chi connectivity index (χ1n) is 11.5. The van der Waals surface area contributed by atoms with Gasteiger partial charge in [-0.25, -0.2) is 14.8 Å². The van der Waals surface area contributed by atoms with Crippen LogP contribution in [-0.4, -0.2) is 67.1 Å². The second-order valence-electron chi connectivity index (χ2n) is 9.31. The van der Waals surface area contributed by atoms with Crippen LogP contribution in [0.2, 0.25) is 5.15 Å². The highest BCUT2D eigenvalue weighted by Crippen LogP contribution is 2.44. The van der Waals surface area contributed by atoms with Crippen molar-refractivity contribution in [2.75, 3.05) is 12.5 Å². The van der Waals surface area contributed by atoms with Gasteiger partial charge in [-0.3, -0.25) is 19.3 Å². The van der Waals surface area contributed by atoms with E-state index < -0.39 is 46.5 Å². The van der Waals surface area contributed by atoms with Crippen LogP contribution < -0.4 is 11.1 Å². The van der Waals surface area contributed by atoms with Crippen LogP contribution in [0, 0.1) is 5.41 Å². The van der Waals surface area contributed by atoms with Crippen molar-refractivity contribution in [2.24, 2.45) is 10.6 Å². The number of esters is 2. The Morgan fingerprint density at radius 3 is 2.62 bits per heavy atom. The lowest BCUT2D eigenvalue weighted by Gasteiger charge is -2.46. The Bertz CT molecular complexity index is 1440. The standard InChI is InChI=1S/C23H23ClN6O7S3/c1-23(2,3)21(34)37-9-36-20(33)16-10(4-5-12-17(24)26-8-39-12)19(40-14-6-13(31)30(14)16)28-18(32)15(29-35)11-7-38-22(25)27-11/h4-5,7-8,14,19,35H,6,9H2,1-3H3,(H2,25,27)(H,28,32)/t14-,19?/m0/s1. The van der Waals surface area contributed by atoms with E-state index in [9.17, 15) is 24.4 Å². The van der Waals surface area contributed by atoms with Crippen molar-refractivity contribution in [3.05, 3.63) is 44.0 Å². The Hall–Kier alpha value is -3.47. The number of carbonyl (C=O) groups is 4. The minimum absolute atomic E-state index is 0.0570. The van der Waals surface area contributed by atoms with Crippen LogP contribution in [0.5, 0.6) is 0 Å². The van der Waals surface area contributed by atoms with E-state index in [-0.39, 0.29) is 39.6 Å². The van der Waals surface area contributed by atoms with Gasteiger partial charge in [0.15, 0.2) is 10.8 Å². The highest BCUT2D eigenvalue weighted by Gasteiger charge is 2.49. The zero-order chi connectivity index (χ0) is 29.2. The second-order valence-corrected chi connectivity index (χ2v) is 12.7. The third-order valence-corrected chi connectivity index (χ3v) is 8.70. The van der Waals surface area contributed by atoms with Crippen molar-refractivity contribution in [3.8, 4) is 0 Å². The number of nitrogens with zero attached hydrogens (tertiary/aromatic N) is 4. The number of β-lactam (4-membered cyclic amide) rings is 1. The fraction of sp³-hybridized carbons (Fsp3) is 0.348. The number of fused-ring (bicyclic) bond motifs is 1. The molecule has 0 spiro atoms. The van der Waals surface area contributed by atoms with E-state index in [0.29, 0.717) is 4.88 Å². The number of nitrogens with one attached hydrogen (secondary N) is 1. The van der Waals surface area contributed by atoms with Crippen LogP contribution in [-0.2, 0) is 28.7 Å². The minimum Gasteiger partial charge on any atom is -0.427 e. The number of thiazole rings is 2. The Balaban J connectivity index is 1.68. The number of halogens is 1. The number of anilines is 1. The summed E-state index contributed by atoms with van der Waals surface area (Å²) in [6.45, 7) is 4.25. The predicted octanol–water partition coefficient (Wildman–Crippen LogP) is 2.82. The Morgan fingerprint density at radius 1 is 1.30 bits per heavy atom. The maximum atomic E-state index is 13.3. The average molecular weight is 627 g/mol. The molecule has 2 amide bonds. The lowest BCUT2D eigenvalue weighted by Crippen LogP contribution is -2.57. The van der Waals surface area contributed by atoms with Gasteiger partial charge in [-0.2, -0.15) is 0 Å². The third kappa shape index (κ3) is 6.29.